The largest absolute Gasteiger partial charge is 0.354 e. The van der Waals surface area contributed by atoms with Crippen LogP contribution in [0.2, 0.25) is 0 Å². The van der Waals surface area contributed by atoms with Gasteiger partial charge in [-0.15, -0.1) is 11.8 Å². The van der Waals surface area contributed by atoms with Gasteiger partial charge in [-0.3, -0.25) is 9.69 Å². The zero-order valence-corrected chi connectivity index (χ0v) is 18.1. The average Bonchev–Trinajstić information content (AvgIpc) is 3.55. The molecular weight excluding hydrogens is 400 g/mol. The molecule has 1 N–H and O–H groups in total. The molecule has 0 saturated carbocycles. The Hall–Kier alpha value is -2.17. The van der Waals surface area contributed by atoms with Crippen LogP contribution < -0.4 is 10.2 Å². The van der Waals surface area contributed by atoms with Crippen molar-refractivity contribution in [3.8, 4) is 5.95 Å². The summed E-state index contributed by atoms with van der Waals surface area (Å²) in [4.78, 5) is 28.3. The number of amides is 1. The number of carbonyl (C=O) groups excluding carboxylic acids is 1. The molecule has 3 aliphatic rings. The van der Waals surface area contributed by atoms with Crippen molar-refractivity contribution in [3.63, 3.8) is 0 Å². The second kappa shape index (κ2) is 8.52. The van der Waals surface area contributed by atoms with Crippen LogP contribution in [-0.2, 0) is 4.79 Å². The molecule has 2 atom stereocenters. The molecule has 5 rings (SSSR count). The van der Waals surface area contributed by atoms with Gasteiger partial charge in [-0.1, -0.05) is 0 Å². The predicted octanol–water partition coefficient (Wildman–Crippen LogP) is 0.356. The molecule has 0 unspecified atom stereocenters. The number of piperazine rings is 1. The van der Waals surface area contributed by atoms with Crippen LogP contribution in [0.15, 0.2) is 24.5 Å². The fourth-order valence-electron chi connectivity index (χ4n) is 4.57. The van der Waals surface area contributed by atoms with Gasteiger partial charge in [-0.25, -0.2) is 9.97 Å². The monoisotopic (exact) mass is 428 g/mol. The second-order valence-electron chi connectivity index (χ2n) is 8.12. The maximum Gasteiger partial charge on any atom is 0.252 e. The summed E-state index contributed by atoms with van der Waals surface area (Å²) in [7, 11) is 0. The summed E-state index contributed by atoms with van der Waals surface area (Å²) in [5.41, 5.74) is 0.960. The average molecular weight is 429 g/mol. The Morgan fingerprint density at radius 1 is 1.17 bits per heavy atom. The number of carbonyl (C=O) groups is 1. The lowest BCUT2D eigenvalue weighted by molar-refractivity contribution is -0.131. The number of anilines is 1. The van der Waals surface area contributed by atoms with Crippen molar-refractivity contribution in [2.75, 3.05) is 55.8 Å². The van der Waals surface area contributed by atoms with Crippen LogP contribution in [-0.4, -0.2) is 98.4 Å². The van der Waals surface area contributed by atoms with Crippen LogP contribution in [0, 0.1) is 6.92 Å². The lowest BCUT2D eigenvalue weighted by atomic mass is 10.1. The Labute approximate surface area is 180 Å². The number of rotatable bonds is 4. The van der Waals surface area contributed by atoms with E-state index in [2.05, 4.69) is 36.2 Å². The van der Waals surface area contributed by atoms with Crippen LogP contribution >= 0.6 is 11.8 Å². The molecule has 0 aromatic carbocycles. The van der Waals surface area contributed by atoms with Gasteiger partial charge in [0.15, 0.2) is 0 Å². The van der Waals surface area contributed by atoms with E-state index in [1.54, 1.807) is 12.4 Å². The second-order valence-corrected chi connectivity index (χ2v) is 9.19. The van der Waals surface area contributed by atoms with Crippen molar-refractivity contribution in [3.05, 3.63) is 30.2 Å². The molecule has 0 aliphatic carbocycles. The molecule has 3 saturated heterocycles. The molecule has 1 amide bonds. The van der Waals surface area contributed by atoms with Crippen molar-refractivity contribution in [1.82, 2.24) is 34.9 Å². The third-order valence-electron chi connectivity index (χ3n) is 6.18. The first-order chi connectivity index (χ1) is 14.7. The quantitative estimate of drug-likeness (QED) is 0.747. The van der Waals surface area contributed by atoms with E-state index in [0.29, 0.717) is 12.0 Å². The van der Waals surface area contributed by atoms with Gasteiger partial charge in [-0.2, -0.15) is 9.78 Å². The third kappa shape index (κ3) is 3.91. The molecule has 3 fully saturated rings. The molecule has 0 spiro atoms. The Morgan fingerprint density at radius 2 is 1.97 bits per heavy atom. The smallest absolute Gasteiger partial charge is 0.252 e. The summed E-state index contributed by atoms with van der Waals surface area (Å²) in [5, 5.41) is 8.07. The van der Waals surface area contributed by atoms with E-state index in [9.17, 15) is 4.79 Å². The fraction of sp³-hybridized carbons (Fsp3) is 0.600. The molecule has 9 nitrogen and oxygen atoms in total. The van der Waals surface area contributed by atoms with E-state index in [0.717, 1.165) is 68.8 Å². The van der Waals surface area contributed by atoms with Crippen LogP contribution in [0.25, 0.3) is 5.95 Å². The number of aromatic nitrogens is 4. The molecule has 5 heterocycles. The van der Waals surface area contributed by atoms with Crippen molar-refractivity contribution < 1.29 is 4.79 Å². The first-order valence-corrected chi connectivity index (χ1v) is 11.8. The van der Waals surface area contributed by atoms with Crippen molar-refractivity contribution >= 4 is 23.5 Å². The van der Waals surface area contributed by atoms with Gasteiger partial charge >= 0.3 is 0 Å². The summed E-state index contributed by atoms with van der Waals surface area (Å²) in [6, 6.07) is 4.33. The zero-order valence-electron chi connectivity index (χ0n) is 17.3. The summed E-state index contributed by atoms with van der Waals surface area (Å²) in [6.45, 7) is 7.60. The molecular formula is C20H28N8OS. The van der Waals surface area contributed by atoms with Crippen LogP contribution in [0.3, 0.4) is 0 Å². The summed E-state index contributed by atoms with van der Waals surface area (Å²) >= 11 is 1.84. The van der Waals surface area contributed by atoms with E-state index >= 15 is 0 Å². The van der Waals surface area contributed by atoms with E-state index in [4.69, 9.17) is 0 Å². The molecule has 0 radical (unpaired) electrons. The molecule has 2 aromatic rings. The van der Waals surface area contributed by atoms with E-state index in [1.165, 1.54) is 0 Å². The lowest BCUT2D eigenvalue weighted by Crippen LogP contribution is -2.51. The number of nitrogens with zero attached hydrogens (tertiary/aromatic N) is 7. The Balaban J connectivity index is 1.20. The minimum Gasteiger partial charge on any atom is -0.354 e. The summed E-state index contributed by atoms with van der Waals surface area (Å²) in [6.07, 6.45) is 4.40. The van der Waals surface area contributed by atoms with Crippen molar-refractivity contribution in [1.29, 1.82) is 0 Å². The van der Waals surface area contributed by atoms with Gasteiger partial charge in [-0.05, 0) is 19.4 Å². The van der Waals surface area contributed by atoms with Gasteiger partial charge in [0.25, 0.3) is 5.95 Å². The first-order valence-electron chi connectivity index (χ1n) is 10.6. The minimum absolute atomic E-state index is 0.0222. The number of aryl methyl sites for hydroxylation is 1. The third-order valence-corrected chi connectivity index (χ3v) is 7.14. The molecule has 30 heavy (non-hydrogen) atoms. The molecule has 0 bridgehead atoms. The number of thioether (sulfide) groups is 1. The maximum atomic E-state index is 12.7. The standard InChI is InChI=1S/C20H28N8OS/c1-15-11-18(28(24-15)20-21-3-2-4-22-20)26-7-5-25(6-8-26)16-12-17(23-13-16)19(29)27-9-10-30-14-27/h2-4,11,16-17,23H,5-10,12-14H2,1H3/t16-,17-/m0/s1. The number of hydrogen-bond acceptors (Lipinski definition) is 8. The normalized spacial score (nSPS) is 25.2. The molecule has 2 aromatic heterocycles. The highest BCUT2D eigenvalue weighted by molar-refractivity contribution is 7.99. The minimum atomic E-state index is -0.0222. The Morgan fingerprint density at radius 3 is 2.70 bits per heavy atom. The molecule has 3 aliphatic heterocycles. The maximum absolute atomic E-state index is 12.7. The van der Waals surface area contributed by atoms with Gasteiger partial charge in [0, 0.05) is 69.5 Å². The Kier molecular flexibility index (Phi) is 5.62. The van der Waals surface area contributed by atoms with Gasteiger partial charge in [0.1, 0.15) is 5.82 Å². The number of nitrogens with one attached hydrogen (secondary N) is 1. The highest BCUT2D eigenvalue weighted by atomic mass is 32.2. The summed E-state index contributed by atoms with van der Waals surface area (Å²) in [5.74, 6) is 3.84. The highest BCUT2D eigenvalue weighted by Crippen LogP contribution is 2.24. The van der Waals surface area contributed by atoms with Crippen LogP contribution in [0.5, 0.6) is 0 Å². The van der Waals surface area contributed by atoms with Crippen LogP contribution in [0.1, 0.15) is 12.1 Å². The van der Waals surface area contributed by atoms with Crippen molar-refractivity contribution in [2.45, 2.75) is 25.4 Å². The Bertz CT molecular complexity index is 876. The predicted molar refractivity (Wildman–Crippen MR) is 117 cm³/mol. The van der Waals surface area contributed by atoms with Gasteiger partial charge < -0.3 is 15.1 Å². The molecule has 160 valence electrons. The van der Waals surface area contributed by atoms with E-state index < -0.39 is 0 Å². The summed E-state index contributed by atoms with van der Waals surface area (Å²) < 4.78 is 1.84. The fourth-order valence-corrected chi connectivity index (χ4v) is 5.52. The van der Waals surface area contributed by atoms with Crippen molar-refractivity contribution in [2.24, 2.45) is 0 Å². The van der Waals surface area contributed by atoms with E-state index in [-0.39, 0.29) is 11.9 Å². The number of hydrogen-bond donors (Lipinski definition) is 1. The van der Waals surface area contributed by atoms with Crippen LogP contribution in [0.4, 0.5) is 5.82 Å². The molecule has 10 heteroatoms. The van der Waals surface area contributed by atoms with E-state index in [1.807, 2.05) is 34.3 Å². The topological polar surface area (TPSA) is 82.4 Å². The highest BCUT2D eigenvalue weighted by Gasteiger charge is 2.37. The van der Waals surface area contributed by atoms with Gasteiger partial charge in [0.05, 0.1) is 17.6 Å². The first kappa shape index (κ1) is 19.8. The SMILES string of the molecule is Cc1cc(N2CCN([C@@H]3CN[C@H](C(=O)N4CCSC4)C3)CC2)n(-c2ncccn2)n1. The zero-order chi connectivity index (χ0) is 20.5. The van der Waals surface area contributed by atoms with Gasteiger partial charge in [0.2, 0.25) is 5.91 Å². The lowest BCUT2D eigenvalue weighted by Gasteiger charge is -2.38.